The first-order chi connectivity index (χ1) is 15.6. The molecule has 3 saturated heterocycles. The van der Waals surface area contributed by atoms with Crippen molar-refractivity contribution in [2.45, 2.75) is 37.1 Å². The molecule has 0 aliphatic carbocycles. The maximum Gasteiger partial charge on any atom is 0.186 e. The molecule has 3 rings (SSSR count). The molecule has 0 aromatic heterocycles. The Kier molecular flexibility index (Phi) is 11.5. The third kappa shape index (κ3) is 8.10. The van der Waals surface area contributed by atoms with E-state index in [9.17, 15) is 20.4 Å². The van der Waals surface area contributed by atoms with E-state index >= 15 is 0 Å². The Hall–Kier alpha value is -0.440. The minimum absolute atomic E-state index is 0.342. The highest BCUT2D eigenvalue weighted by Crippen LogP contribution is 2.22. The van der Waals surface area contributed by atoms with Crippen molar-refractivity contribution in [2.75, 3.05) is 98.5 Å². The van der Waals surface area contributed by atoms with Gasteiger partial charge in [-0.15, -0.1) is 0 Å². The van der Waals surface area contributed by atoms with Crippen LogP contribution in [0.1, 0.15) is 6.42 Å². The molecule has 0 bridgehead atoms. The molecule has 0 spiro atoms. The summed E-state index contributed by atoms with van der Waals surface area (Å²) in [4.78, 5) is 7.28. The molecule has 11 nitrogen and oxygen atoms in total. The molecule has 0 saturated carbocycles. The van der Waals surface area contributed by atoms with Gasteiger partial charge in [0.2, 0.25) is 0 Å². The summed E-state index contributed by atoms with van der Waals surface area (Å²) < 4.78 is 21.9. The third-order valence-corrected chi connectivity index (χ3v) is 6.42. The zero-order chi connectivity index (χ0) is 22.8. The van der Waals surface area contributed by atoms with Crippen LogP contribution in [0.5, 0.6) is 0 Å². The van der Waals surface area contributed by atoms with Gasteiger partial charge in [-0.3, -0.25) is 9.80 Å². The molecule has 3 aliphatic rings. The van der Waals surface area contributed by atoms with Crippen LogP contribution in [-0.4, -0.2) is 164 Å². The Balaban J connectivity index is 1.41. The highest BCUT2D eigenvalue weighted by atomic mass is 16.7. The van der Waals surface area contributed by atoms with Crippen molar-refractivity contribution in [2.24, 2.45) is 0 Å². The average Bonchev–Trinajstić information content (AvgIpc) is 2.84. The average molecular weight is 464 g/mol. The predicted molar refractivity (Wildman–Crippen MR) is 115 cm³/mol. The second-order valence-corrected chi connectivity index (χ2v) is 8.67. The van der Waals surface area contributed by atoms with Gasteiger partial charge in [0.15, 0.2) is 6.29 Å². The second-order valence-electron chi connectivity index (χ2n) is 8.67. The molecule has 4 N–H and O–H groups in total. The summed E-state index contributed by atoms with van der Waals surface area (Å²) >= 11 is 0. The van der Waals surface area contributed by atoms with Crippen molar-refractivity contribution in [1.29, 1.82) is 0 Å². The zero-order valence-electron chi connectivity index (χ0n) is 19.0. The van der Waals surface area contributed by atoms with Crippen LogP contribution in [0.25, 0.3) is 0 Å². The first kappa shape index (κ1) is 26.2. The number of aliphatic hydroxyl groups is 4. The first-order valence-corrected chi connectivity index (χ1v) is 11.8. The molecular weight excluding hydrogens is 422 g/mol. The Bertz CT molecular complexity index is 483. The lowest BCUT2D eigenvalue weighted by molar-refractivity contribution is -0.301. The maximum atomic E-state index is 10.1. The number of morpholine rings is 2. The van der Waals surface area contributed by atoms with Gasteiger partial charge in [-0.05, 0) is 6.42 Å². The van der Waals surface area contributed by atoms with Crippen molar-refractivity contribution >= 4 is 0 Å². The van der Waals surface area contributed by atoms with Crippen LogP contribution in [-0.2, 0) is 18.9 Å². The Labute approximate surface area is 190 Å². The van der Waals surface area contributed by atoms with E-state index in [0.29, 0.717) is 6.61 Å². The lowest BCUT2D eigenvalue weighted by atomic mass is 9.99. The molecule has 0 aromatic rings. The fraction of sp³-hybridized carbons (Fsp3) is 1.00. The largest absolute Gasteiger partial charge is 0.394 e. The molecule has 3 aliphatic heterocycles. The van der Waals surface area contributed by atoms with Crippen molar-refractivity contribution in [3.05, 3.63) is 0 Å². The molecule has 0 aromatic carbocycles. The topological polar surface area (TPSA) is 128 Å². The Morgan fingerprint density at radius 1 is 0.781 bits per heavy atom. The van der Waals surface area contributed by atoms with Crippen LogP contribution in [0.15, 0.2) is 0 Å². The summed E-state index contributed by atoms with van der Waals surface area (Å²) in [5.41, 5.74) is 0. The lowest BCUT2D eigenvalue weighted by Crippen LogP contribution is -2.59. The molecular formula is C21H41N3O8. The predicted octanol–water partition coefficient (Wildman–Crippen LogP) is -2.84. The first-order valence-electron chi connectivity index (χ1n) is 11.8. The van der Waals surface area contributed by atoms with Gasteiger partial charge in [0.1, 0.15) is 24.4 Å². The standard InChI is InChI=1S/C21H41N3O8/c25-16-17-18(26)19(27)20(28)21(32-17)31-11-1-2-22(3-5-23-7-12-29-13-8-23)4-6-24-9-14-30-15-10-24/h17-21,25-28H,1-16H2/t17?,18-,19?,20?,21-/m1/s1. The van der Waals surface area contributed by atoms with E-state index in [2.05, 4.69) is 14.7 Å². The van der Waals surface area contributed by atoms with Crippen LogP contribution in [0.3, 0.4) is 0 Å². The third-order valence-electron chi connectivity index (χ3n) is 6.42. The summed E-state index contributed by atoms with van der Waals surface area (Å²) in [7, 11) is 0. The highest BCUT2D eigenvalue weighted by Gasteiger charge is 2.43. The number of hydrogen-bond donors (Lipinski definition) is 4. The molecule has 3 unspecified atom stereocenters. The number of aliphatic hydroxyl groups excluding tert-OH is 4. The Morgan fingerprint density at radius 2 is 1.34 bits per heavy atom. The normalized spacial score (nSPS) is 33.1. The minimum atomic E-state index is -1.41. The fourth-order valence-electron chi connectivity index (χ4n) is 4.24. The molecule has 0 radical (unpaired) electrons. The molecule has 3 fully saturated rings. The molecule has 5 atom stereocenters. The van der Waals surface area contributed by atoms with Gasteiger partial charge < -0.3 is 44.3 Å². The summed E-state index contributed by atoms with van der Waals surface area (Å²) in [6.45, 7) is 11.7. The van der Waals surface area contributed by atoms with Crippen LogP contribution in [0.2, 0.25) is 0 Å². The number of nitrogens with zero attached hydrogens (tertiary/aromatic N) is 3. The monoisotopic (exact) mass is 463 g/mol. The quantitative estimate of drug-likeness (QED) is 0.224. The number of rotatable bonds is 12. The van der Waals surface area contributed by atoms with Crippen LogP contribution in [0.4, 0.5) is 0 Å². The van der Waals surface area contributed by atoms with E-state index in [0.717, 1.165) is 91.8 Å². The summed E-state index contributed by atoms with van der Waals surface area (Å²) in [5, 5.41) is 39.2. The van der Waals surface area contributed by atoms with E-state index in [1.807, 2.05) is 0 Å². The van der Waals surface area contributed by atoms with Crippen LogP contribution in [0, 0.1) is 0 Å². The fourth-order valence-corrected chi connectivity index (χ4v) is 4.24. The van der Waals surface area contributed by atoms with E-state index in [4.69, 9.17) is 18.9 Å². The van der Waals surface area contributed by atoms with Crippen molar-refractivity contribution in [3.63, 3.8) is 0 Å². The van der Waals surface area contributed by atoms with Gasteiger partial charge in [0.25, 0.3) is 0 Å². The molecule has 188 valence electrons. The van der Waals surface area contributed by atoms with Crippen molar-refractivity contribution in [1.82, 2.24) is 14.7 Å². The molecule has 3 heterocycles. The van der Waals surface area contributed by atoms with Gasteiger partial charge in [-0.2, -0.15) is 0 Å². The highest BCUT2D eigenvalue weighted by molar-refractivity contribution is 4.88. The van der Waals surface area contributed by atoms with Crippen LogP contribution >= 0.6 is 0 Å². The minimum Gasteiger partial charge on any atom is -0.394 e. The van der Waals surface area contributed by atoms with Crippen molar-refractivity contribution in [3.8, 4) is 0 Å². The SMILES string of the molecule is OCC1O[C@@H](OCCCN(CCN2CCOCC2)CCN2CCOCC2)C(O)C(O)[C@@H]1O. The van der Waals surface area contributed by atoms with E-state index in [1.165, 1.54) is 0 Å². The number of ether oxygens (including phenoxy) is 4. The van der Waals surface area contributed by atoms with E-state index in [1.54, 1.807) is 0 Å². The van der Waals surface area contributed by atoms with Gasteiger partial charge in [-0.25, -0.2) is 0 Å². The van der Waals surface area contributed by atoms with Gasteiger partial charge in [0.05, 0.1) is 39.6 Å². The van der Waals surface area contributed by atoms with Gasteiger partial charge in [0, 0.05) is 58.9 Å². The smallest absolute Gasteiger partial charge is 0.186 e. The maximum absolute atomic E-state index is 10.1. The second kappa shape index (κ2) is 14.1. The summed E-state index contributed by atoms with van der Waals surface area (Å²) in [5.74, 6) is 0. The van der Waals surface area contributed by atoms with E-state index in [-0.39, 0.29) is 0 Å². The van der Waals surface area contributed by atoms with Gasteiger partial charge in [-0.1, -0.05) is 0 Å². The number of hydrogen-bond acceptors (Lipinski definition) is 11. The zero-order valence-corrected chi connectivity index (χ0v) is 19.0. The van der Waals surface area contributed by atoms with Crippen molar-refractivity contribution < 1.29 is 39.4 Å². The molecule has 32 heavy (non-hydrogen) atoms. The van der Waals surface area contributed by atoms with Crippen LogP contribution < -0.4 is 0 Å². The van der Waals surface area contributed by atoms with Gasteiger partial charge >= 0.3 is 0 Å². The summed E-state index contributed by atoms with van der Waals surface area (Å²) in [6, 6.07) is 0. The Morgan fingerprint density at radius 3 is 1.88 bits per heavy atom. The summed E-state index contributed by atoms with van der Waals surface area (Å²) in [6.07, 6.45) is -5.42. The van der Waals surface area contributed by atoms with E-state index < -0.39 is 37.3 Å². The molecule has 0 amide bonds. The molecule has 11 heteroatoms. The lowest BCUT2D eigenvalue weighted by Gasteiger charge is -2.39.